The van der Waals surface area contributed by atoms with Crippen LogP contribution in [0.2, 0.25) is 0 Å². The Kier molecular flexibility index (Phi) is 3.23. The van der Waals surface area contributed by atoms with E-state index >= 15 is 0 Å². The molecule has 18 heavy (non-hydrogen) atoms. The van der Waals surface area contributed by atoms with Crippen molar-refractivity contribution in [1.82, 2.24) is 4.98 Å². The molecule has 0 aliphatic carbocycles. The minimum Gasteiger partial charge on any atom is -0.497 e. The molecule has 0 radical (unpaired) electrons. The fraction of sp³-hybridized carbons (Fsp3) is 0.0769. The smallest absolute Gasteiger partial charge is 0.250 e. The van der Waals surface area contributed by atoms with Gasteiger partial charge in [-0.2, -0.15) is 0 Å². The van der Waals surface area contributed by atoms with Crippen LogP contribution in [0.25, 0.3) is 11.1 Å². The molecule has 1 amide bonds. The maximum Gasteiger partial charge on any atom is 0.250 e. The number of amides is 1. The minimum atomic E-state index is -0.599. The van der Waals surface area contributed by atoms with Gasteiger partial charge in [0.25, 0.3) is 0 Å². The lowest BCUT2D eigenvalue weighted by atomic mass is 10.1. The summed E-state index contributed by atoms with van der Waals surface area (Å²) in [5.74, 6) is -0.619. The van der Waals surface area contributed by atoms with Gasteiger partial charge in [-0.15, -0.1) is 0 Å². The number of methoxy groups -OCH3 is 1. The number of hydrogen-bond donors (Lipinski definition) is 1. The van der Waals surface area contributed by atoms with E-state index in [0.717, 1.165) is 0 Å². The van der Waals surface area contributed by atoms with Crippen molar-refractivity contribution >= 4 is 5.91 Å². The number of halogens is 1. The van der Waals surface area contributed by atoms with E-state index in [2.05, 4.69) is 4.98 Å². The Bertz CT molecular complexity index is 599. The summed E-state index contributed by atoms with van der Waals surface area (Å²) in [5.41, 5.74) is 6.22. The van der Waals surface area contributed by atoms with Gasteiger partial charge in [-0.3, -0.25) is 9.78 Å². The number of nitrogens with zero attached hydrogens (tertiary/aromatic N) is 1. The summed E-state index contributed by atoms with van der Waals surface area (Å²) in [6.07, 6.45) is 2.81. The molecule has 0 spiro atoms. The molecule has 1 aromatic carbocycles. The Morgan fingerprint density at radius 2 is 2.11 bits per heavy atom. The maximum absolute atomic E-state index is 13.8. The molecule has 0 unspecified atom stereocenters. The number of ether oxygens (including phenoxy) is 1. The molecular weight excluding hydrogens is 235 g/mol. The molecule has 2 N–H and O–H groups in total. The molecule has 1 heterocycles. The predicted molar refractivity (Wildman–Crippen MR) is 64.7 cm³/mol. The van der Waals surface area contributed by atoms with Crippen LogP contribution >= 0.6 is 0 Å². The normalized spacial score (nSPS) is 10.1. The summed E-state index contributed by atoms with van der Waals surface area (Å²) in [5, 5.41) is 0. The van der Waals surface area contributed by atoms with Crippen LogP contribution in [0.1, 0.15) is 10.4 Å². The average molecular weight is 246 g/mol. The fourth-order valence-corrected chi connectivity index (χ4v) is 1.58. The van der Waals surface area contributed by atoms with Gasteiger partial charge in [-0.1, -0.05) is 0 Å². The molecule has 0 saturated heterocycles. The second-order valence-electron chi connectivity index (χ2n) is 3.67. The number of pyridine rings is 1. The van der Waals surface area contributed by atoms with E-state index in [1.54, 1.807) is 12.1 Å². The lowest BCUT2D eigenvalue weighted by Gasteiger charge is -2.06. The van der Waals surface area contributed by atoms with Crippen molar-refractivity contribution < 1.29 is 13.9 Å². The molecular formula is C13H11FN2O2. The van der Waals surface area contributed by atoms with Gasteiger partial charge in [0, 0.05) is 29.6 Å². The van der Waals surface area contributed by atoms with Crippen molar-refractivity contribution in [2.24, 2.45) is 5.73 Å². The van der Waals surface area contributed by atoms with Crippen LogP contribution in [0.3, 0.4) is 0 Å². The zero-order chi connectivity index (χ0) is 13.1. The van der Waals surface area contributed by atoms with E-state index in [1.807, 2.05) is 0 Å². The second-order valence-corrected chi connectivity index (χ2v) is 3.67. The second kappa shape index (κ2) is 4.83. The third kappa shape index (κ3) is 2.29. The van der Waals surface area contributed by atoms with Crippen molar-refractivity contribution in [2.45, 2.75) is 0 Å². The van der Waals surface area contributed by atoms with Crippen molar-refractivity contribution in [2.75, 3.05) is 7.11 Å². The Labute approximate surface area is 103 Å². The molecule has 4 nitrogen and oxygen atoms in total. The Morgan fingerprint density at radius 3 is 2.72 bits per heavy atom. The van der Waals surface area contributed by atoms with Gasteiger partial charge in [0.15, 0.2) is 0 Å². The molecule has 0 saturated carbocycles. The van der Waals surface area contributed by atoms with Gasteiger partial charge in [-0.25, -0.2) is 4.39 Å². The molecule has 0 fully saturated rings. The van der Waals surface area contributed by atoms with E-state index < -0.39 is 11.7 Å². The first-order valence-corrected chi connectivity index (χ1v) is 5.20. The van der Waals surface area contributed by atoms with Crippen LogP contribution in [-0.2, 0) is 0 Å². The first kappa shape index (κ1) is 12.0. The molecule has 92 valence electrons. The van der Waals surface area contributed by atoms with Gasteiger partial charge in [0.05, 0.1) is 12.7 Å². The van der Waals surface area contributed by atoms with E-state index in [-0.39, 0.29) is 5.56 Å². The summed E-state index contributed by atoms with van der Waals surface area (Å²) in [6.45, 7) is 0. The highest BCUT2D eigenvalue weighted by atomic mass is 19.1. The van der Waals surface area contributed by atoms with Crippen LogP contribution in [-0.4, -0.2) is 18.0 Å². The van der Waals surface area contributed by atoms with Crippen molar-refractivity contribution in [1.29, 1.82) is 0 Å². The molecule has 2 aromatic rings. The molecule has 2 rings (SSSR count). The van der Waals surface area contributed by atoms with E-state index in [9.17, 15) is 9.18 Å². The fourth-order valence-electron chi connectivity index (χ4n) is 1.58. The van der Waals surface area contributed by atoms with E-state index in [1.165, 1.54) is 31.6 Å². The highest BCUT2D eigenvalue weighted by molar-refractivity contribution is 5.93. The quantitative estimate of drug-likeness (QED) is 0.900. The number of primary amides is 1. The third-order valence-electron chi connectivity index (χ3n) is 2.51. The first-order chi connectivity index (χ1) is 8.61. The molecule has 0 aliphatic rings. The van der Waals surface area contributed by atoms with Crippen LogP contribution in [0.4, 0.5) is 4.39 Å². The van der Waals surface area contributed by atoms with E-state index in [0.29, 0.717) is 16.9 Å². The van der Waals surface area contributed by atoms with E-state index in [4.69, 9.17) is 10.5 Å². The van der Waals surface area contributed by atoms with Crippen molar-refractivity contribution in [3.63, 3.8) is 0 Å². The minimum absolute atomic E-state index is 0.239. The van der Waals surface area contributed by atoms with Gasteiger partial charge in [0.2, 0.25) is 5.91 Å². The van der Waals surface area contributed by atoms with Gasteiger partial charge in [0.1, 0.15) is 11.6 Å². The lowest BCUT2D eigenvalue weighted by Crippen LogP contribution is -2.11. The number of aromatic nitrogens is 1. The van der Waals surface area contributed by atoms with Gasteiger partial charge in [-0.05, 0) is 18.2 Å². The number of benzene rings is 1. The number of carbonyl (C=O) groups is 1. The Hall–Kier alpha value is -2.43. The molecule has 0 atom stereocenters. The number of nitrogens with two attached hydrogens (primary N) is 1. The Morgan fingerprint density at radius 1 is 1.33 bits per heavy atom. The lowest BCUT2D eigenvalue weighted by molar-refractivity contribution is 0.1000. The van der Waals surface area contributed by atoms with Crippen molar-refractivity contribution in [3.8, 4) is 16.9 Å². The summed E-state index contributed by atoms with van der Waals surface area (Å²) in [4.78, 5) is 14.9. The first-order valence-electron chi connectivity index (χ1n) is 5.20. The molecule has 1 aromatic heterocycles. The highest BCUT2D eigenvalue weighted by Gasteiger charge is 2.09. The zero-order valence-corrected chi connectivity index (χ0v) is 9.68. The van der Waals surface area contributed by atoms with Crippen LogP contribution in [0.15, 0.2) is 36.7 Å². The van der Waals surface area contributed by atoms with Crippen molar-refractivity contribution in [3.05, 3.63) is 48.0 Å². The monoisotopic (exact) mass is 246 g/mol. The topological polar surface area (TPSA) is 65.2 Å². The van der Waals surface area contributed by atoms with Crippen LogP contribution in [0.5, 0.6) is 5.75 Å². The Balaban J connectivity index is 2.48. The van der Waals surface area contributed by atoms with Gasteiger partial charge < -0.3 is 10.5 Å². The highest BCUT2D eigenvalue weighted by Crippen LogP contribution is 2.26. The zero-order valence-electron chi connectivity index (χ0n) is 9.68. The largest absolute Gasteiger partial charge is 0.497 e. The van der Waals surface area contributed by atoms with Crippen LogP contribution < -0.4 is 10.5 Å². The molecule has 0 bridgehead atoms. The van der Waals surface area contributed by atoms with Gasteiger partial charge >= 0.3 is 0 Å². The molecule has 5 heteroatoms. The molecule has 0 aliphatic heterocycles. The summed E-state index contributed by atoms with van der Waals surface area (Å²) in [6, 6.07) is 5.97. The number of carbonyl (C=O) groups excluding carboxylic acids is 1. The third-order valence-corrected chi connectivity index (χ3v) is 2.51. The maximum atomic E-state index is 13.8. The standard InChI is InChI=1S/C13H11FN2O2/c1-18-10-2-3-11(12(14)5-10)8-4-9(13(15)17)7-16-6-8/h2-7H,1H3,(H2,15,17). The predicted octanol–water partition coefficient (Wildman–Crippen LogP) is 2.00. The summed E-state index contributed by atoms with van der Waals surface area (Å²) < 4.78 is 18.7. The summed E-state index contributed by atoms with van der Waals surface area (Å²) >= 11 is 0. The average Bonchev–Trinajstić information content (AvgIpc) is 2.38. The number of rotatable bonds is 3. The SMILES string of the molecule is COc1ccc(-c2cncc(C(N)=O)c2)c(F)c1. The summed E-state index contributed by atoms with van der Waals surface area (Å²) in [7, 11) is 1.46. The van der Waals surface area contributed by atoms with Crippen LogP contribution in [0, 0.1) is 5.82 Å². The number of hydrogen-bond acceptors (Lipinski definition) is 3.